The summed E-state index contributed by atoms with van der Waals surface area (Å²) in [6.45, 7) is 0. The Hall–Kier alpha value is -18.3. The molecule has 7 aliphatic carbocycles. The third-order valence-corrected chi connectivity index (χ3v) is 35.5. The number of hydrogen-bond donors (Lipinski definition) is 0. The molecule has 3 atom stereocenters. The zero-order valence-electron chi connectivity index (χ0n) is 81.1. The summed E-state index contributed by atoms with van der Waals surface area (Å²) in [5.74, 6) is 4.05. The molecule has 700 valence electrons. The van der Waals surface area contributed by atoms with Gasteiger partial charge >= 0.3 is 0 Å². The molecule has 7 nitrogen and oxygen atoms in total. The molecule has 0 bridgehead atoms. The van der Waals surface area contributed by atoms with Gasteiger partial charge in [0.05, 0.1) is 39.0 Å². The number of thiophene rings is 3. The first-order valence-corrected chi connectivity index (χ1v) is 53.7. The number of allylic oxidation sites excluding steroid dienone is 4. The Morgan fingerprint density at radius 1 is 0.187 bits per heavy atom. The molecule has 32 rings (SSSR count). The van der Waals surface area contributed by atoms with Crippen molar-refractivity contribution in [1.82, 2.24) is 34.9 Å². The Morgan fingerprint density at radius 2 is 0.513 bits per heavy atom. The highest BCUT2D eigenvalue weighted by molar-refractivity contribution is 7.23. The molecule has 0 saturated carbocycles. The smallest absolute Gasteiger partial charge is 0.164 e. The van der Waals surface area contributed by atoms with Gasteiger partial charge in [-0.1, -0.05) is 473 Å². The maximum Gasteiger partial charge on any atom is 0.164 e. The SMILES string of the molecule is C1=CC2c3ccccc3C3(c4cc(-c5nc(-c6ccccc6)cc(-c6ccccc6)n5)ccc4-c4sc5ccccc5c43)C2C=C1.c1ccc(-c2cc(-c3ccccc3)nc(-c3ccc(-c4ccc5c(c4)-c4sc6ccccc6c4C54c5ccccc5-c5ccccc54)cc3)n2)cc1.c1ccc(-c2nc(-c3ccccc3)nc(-c3ccc(-c4cccc5c4-c4sc6ccccc6c4C54c5ccccc5-c5ccccc54)cc3)n2)cc1. The summed E-state index contributed by atoms with van der Waals surface area (Å²) >= 11 is 5.78. The topological polar surface area (TPSA) is 90.2 Å². The summed E-state index contributed by atoms with van der Waals surface area (Å²) < 4.78 is 4.01. The lowest BCUT2D eigenvalue weighted by Crippen LogP contribution is -2.33. The van der Waals surface area contributed by atoms with Gasteiger partial charge in [0.1, 0.15) is 0 Å². The number of nitrogens with zero attached hydrogens (tertiary/aromatic N) is 7. The van der Waals surface area contributed by atoms with Crippen LogP contribution in [0.2, 0.25) is 0 Å². The van der Waals surface area contributed by atoms with Crippen LogP contribution in [-0.4, -0.2) is 34.9 Å². The van der Waals surface area contributed by atoms with Crippen LogP contribution in [0.5, 0.6) is 0 Å². The zero-order chi connectivity index (χ0) is 98.7. The molecule has 0 aliphatic heterocycles. The van der Waals surface area contributed by atoms with E-state index in [0.717, 1.165) is 84.5 Å². The van der Waals surface area contributed by atoms with Crippen molar-refractivity contribution in [2.45, 2.75) is 22.2 Å². The fourth-order valence-electron chi connectivity index (χ4n) is 25.6. The van der Waals surface area contributed by atoms with Crippen LogP contribution in [0.1, 0.15) is 72.7 Å². The van der Waals surface area contributed by atoms with Crippen molar-refractivity contribution in [3.05, 3.63) is 582 Å². The first kappa shape index (κ1) is 87.1. The average Bonchev–Trinajstić information content (AvgIpc) is 1.48. The van der Waals surface area contributed by atoms with Crippen molar-refractivity contribution in [3.63, 3.8) is 0 Å². The van der Waals surface area contributed by atoms with Crippen LogP contribution in [0.4, 0.5) is 0 Å². The van der Waals surface area contributed by atoms with Crippen molar-refractivity contribution in [2.24, 2.45) is 5.92 Å². The van der Waals surface area contributed by atoms with Crippen LogP contribution in [0, 0.1) is 5.92 Å². The van der Waals surface area contributed by atoms with Crippen molar-refractivity contribution in [3.8, 4) is 178 Å². The van der Waals surface area contributed by atoms with E-state index >= 15 is 0 Å². The van der Waals surface area contributed by atoms with Gasteiger partial charge in [-0.15, -0.1) is 34.0 Å². The largest absolute Gasteiger partial charge is 0.228 e. The molecule has 0 N–H and O–H groups in total. The Balaban J connectivity index is 0.000000104. The van der Waals surface area contributed by atoms with Crippen LogP contribution in [0.3, 0.4) is 0 Å². The molecular weight excluding hydrogens is 1880 g/mol. The Labute approximate surface area is 880 Å². The molecule has 150 heavy (non-hydrogen) atoms. The summed E-state index contributed by atoms with van der Waals surface area (Å²) in [6.07, 6.45) is 9.35. The standard InChI is InChI=1S/C49H30N2S.C48H29N3S.C43H28N2S/c1-3-13-32(14-4-1)43-30-44(33-15-5-2-6-16-33)51-48(50-43)34-25-23-31(24-26-34)35-27-28-42-39(29-35)47-46(38-19-9-12-22-45(38)52-47)49(42)40-20-10-7-17-36(40)37-18-8-11-21-41(37)49;1-3-14-31(15-4-1)45-49-46(32-16-5-2-6-17-32)51-47(50-45)33-28-26-30(27-29-33)34-21-13-24-40-42(34)44-43(37-20-9-12-25-41(37)52-44)48(40)38-22-10-7-18-35(38)36-19-8-11-23-39(36)48;1-3-13-27(14-4-1)37-26-38(28-15-5-2-6-16-28)45-42(44-37)29-23-24-32-36(25-29)43(40-33-19-9-12-22-39(33)46-41(32)40)34-20-10-7-17-30(34)31-18-8-11-21-35(31)43/h1-30H;1-29H;1-26,30,34H. The molecule has 10 heteroatoms. The van der Waals surface area contributed by atoms with E-state index in [4.69, 9.17) is 34.9 Å². The number of rotatable bonds is 11. The lowest BCUT2D eigenvalue weighted by molar-refractivity contribution is 0.468. The first-order chi connectivity index (χ1) is 74.4. The number of fused-ring (bicyclic) bond motifs is 36. The molecule has 0 saturated heterocycles. The second kappa shape index (κ2) is 35.0. The third kappa shape index (κ3) is 13.4. The van der Waals surface area contributed by atoms with Gasteiger partial charge in [0.2, 0.25) is 0 Å². The predicted octanol–water partition coefficient (Wildman–Crippen LogP) is 35.6. The number of benzene rings is 19. The predicted molar refractivity (Wildman–Crippen MR) is 619 cm³/mol. The van der Waals surface area contributed by atoms with Crippen LogP contribution in [0.25, 0.3) is 208 Å². The van der Waals surface area contributed by atoms with Crippen molar-refractivity contribution in [1.29, 1.82) is 0 Å². The molecule has 3 unspecified atom stereocenters. The van der Waals surface area contributed by atoms with Crippen molar-refractivity contribution < 1.29 is 0 Å². The van der Waals surface area contributed by atoms with Gasteiger partial charge in [0, 0.05) is 96.2 Å². The molecule has 3 spiro atoms. The van der Waals surface area contributed by atoms with Gasteiger partial charge in [0.25, 0.3) is 0 Å². The van der Waals surface area contributed by atoms with E-state index < -0.39 is 0 Å². The molecule has 0 amide bonds. The summed E-state index contributed by atoms with van der Waals surface area (Å²) in [5.41, 5.74) is 42.7. The maximum absolute atomic E-state index is 5.22. The summed E-state index contributed by atoms with van der Waals surface area (Å²) in [6, 6.07) is 177. The third-order valence-electron chi connectivity index (χ3n) is 31.9. The second-order valence-corrected chi connectivity index (χ2v) is 42.8. The van der Waals surface area contributed by atoms with E-state index in [0.29, 0.717) is 23.4 Å². The molecule has 19 aromatic carbocycles. The van der Waals surface area contributed by atoms with E-state index in [2.05, 4.69) is 431 Å². The fraction of sp³-hybridized carbons (Fsp3) is 0.0357. The zero-order valence-corrected chi connectivity index (χ0v) is 83.5. The van der Waals surface area contributed by atoms with E-state index in [1.807, 2.05) is 119 Å². The maximum atomic E-state index is 5.22. The van der Waals surface area contributed by atoms with E-state index in [1.54, 1.807) is 0 Å². The van der Waals surface area contributed by atoms with E-state index in [1.165, 1.54) is 173 Å². The highest BCUT2D eigenvalue weighted by atomic mass is 32.1. The molecule has 6 aromatic heterocycles. The normalized spacial score (nSPS) is 15.3. The Morgan fingerprint density at radius 3 is 0.993 bits per heavy atom. The second-order valence-electron chi connectivity index (χ2n) is 39.6. The Bertz CT molecular complexity index is 9580. The molecule has 7 aliphatic rings. The highest BCUT2D eigenvalue weighted by Gasteiger charge is 2.60. The molecule has 0 radical (unpaired) electrons. The average molecular weight is 1960 g/mol. The fourth-order valence-corrected chi connectivity index (χ4v) is 29.5. The highest BCUT2D eigenvalue weighted by Crippen LogP contribution is 2.72. The molecule has 25 aromatic rings. The van der Waals surface area contributed by atoms with Gasteiger partial charge in [-0.2, -0.15) is 0 Å². The monoisotopic (exact) mass is 1960 g/mol. The lowest BCUT2D eigenvalue weighted by atomic mass is 9.65. The first-order valence-electron chi connectivity index (χ1n) is 51.3. The van der Waals surface area contributed by atoms with Gasteiger partial charge in [-0.05, 0) is 181 Å². The quantitative estimate of drug-likeness (QED) is 0.127. The van der Waals surface area contributed by atoms with Crippen LogP contribution >= 0.6 is 34.0 Å². The minimum absolute atomic E-state index is 0.277. The van der Waals surface area contributed by atoms with Gasteiger partial charge in [-0.3, -0.25) is 0 Å². The molecule has 0 fully saturated rings. The minimum atomic E-state index is -0.389. The van der Waals surface area contributed by atoms with E-state index in [9.17, 15) is 0 Å². The lowest BCUT2D eigenvalue weighted by Gasteiger charge is -2.36. The van der Waals surface area contributed by atoms with Crippen molar-refractivity contribution >= 4 is 64.3 Å². The summed E-state index contributed by atoms with van der Waals surface area (Å²) in [5, 5.41) is 4.06. The van der Waals surface area contributed by atoms with Crippen molar-refractivity contribution in [2.75, 3.05) is 0 Å². The Kier molecular flexibility index (Phi) is 20.3. The van der Waals surface area contributed by atoms with Gasteiger partial charge in [-0.25, -0.2) is 34.9 Å². The molecular formula is C140H87N7S3. The molecule has 6 heterocycles. The van der Waals surface area contributed by atoms with Crippen LogP contribution in [-0.2, 0) is 16.2 Å². The van der Waals surface area contributed by atoms with Gasteiger partial charge < -0.3 is 0 Å². The van der Waals surface area contributed by atoms with Crippen LogP contribution < -0.4 is 0 Å². The van der Waals surface area contributed by atoms with Crippen LogP contribution in [0.15, 0.2) is 516 Å². The summed E-state index contributed by atoms with van der Waals surface area (Å²) in [4.78, 5) is 39.5. The van der Waals surface area contributed by atoms with E-state index in [-0.39, 0.29) is 22.2 Å². The number of aromatic nitrogens is 7. The van der Waals surface area contributed by atoms with Gasteiger partial charge in [0.15, 0.2) is 29.1 Å². The minimum Gasteiger partial charge on any atom is -0.228 e. The summed E-state index contributed by atoms with van der Waals surface area (Å²) in [7, 11) is 0. The number of hydrogen-bond acceptors (Lipinski definition) is 10.